The van der Waals surface area contributed by atoms with Crippen molar-refractivity contribution in [2.45, 2.75) is 13.5 Å². The maximum atomic E-state index is 4.96. The number of aryl methyl sites for hydroxylation is 1. The van der Waals surface area contributed by atoms with Crippen molar-refractivity contribution in [2.75, 3.05) is 5.32 Å². The standard InChI is InChI=1S/C10H10BrN3O/c1-7-4-9(11)10(12-5-7)13-6-8-2-3-14-15-8/h2-5H,6H2,1H3,(H,12,13). The maximum Gasteiger partial charge on any atom is 0.155 e. The minimum atomic E-state index is 0.578. The van der Waals surface area contributed by atoms with Gasteiger partial charge in [-0.1, -0.05) is 5.16 Å². The highest BCUT2D eigenvalue weighted by atomic mass is 79.9. The lowest BCUT2D eigenvalue weighted by atomic mass is 10.3. The second-order valence-electron chi connectivity index (χ2n) is 3.18. The highest BCUT2D eigenvalue weighted by Crippen LogP contribution is 2.20. The fraction of sp³-hybridized carbons (Fsp3) is 0.200. The van der Waals surface area contributed by atoms with Crippen LogP contribution in [-0.2, 0) is 6.54 Å². The van der Waals surface area contributed by atoms with Crippen molar-refractivity contribution in [3.05, 3.63) is 40.3 Å². The molecule has 2 aromatic rings. The third-order valence-electron chi connectivity index (χ3n) is 1.90. The van der Waals surface area contributed by atoms with Crippen LogP contribution >= 0.6 is 15.9 Å². The van der Waals surface area contributed by atoms with E-state index in [1.54, 1.807) is 6.20 Å². The molecule has 5 heteroatoms. The zero-order chi connectivity index (χ0) is 10.7. The molecule has 0 saturated heterocycles. The second kappa shape index (κ2) is 4.44. The summed E-state index contributed by atoms with van der Waals surface area (Å²) in [6.07, 6.45) is 3.43. The van der Waals surface area contributed by atoms with Crippen molar-refractivity contribution in [3.8, 4) is 0 Å². The highest BCUT2D eigenvalue weighted by molar-refractivity contribution is 9.10. The molecule has 0 saturated carbocycles. The number of rotatable bonds is 3. The van der Waals surface area contributed by atoms with E-state index in [0.29, 0.717) is 6.54 Å². The van der Waals surface area contributed by atoms with Crippen LogP contribution in [0, 0.1) is 6.92 Å². The first kappa shape index (κ1) is 10.2. The number of anilines is 1. The quantitative estimate of drug-likeness (QED) is 0.929. The summed E-state index contributed by atoms with van der Waals surface area (Å²) >= 11 is 3.44. The van der Waals surface area contributed by atoms with E-state index in [2.05, 4.69) is 31.4 Å². The Bertz CT molecular complexity index is 442. The Morgan fingerprint density at radius 1 is 1.53 bits per heavy atom. The minimum absolute atomic E-state index is 0.578. The molecule has 0 aliphatic rings. The first-order valence-corrected chi connectivity index (χ1v) is 5.30. The van der Waals surface area contributed by atoms with Gasteiger partial charge in [0.1, 0.15) is 5.82 Å². The molecule has 4 nitrogen and oxygen atoms in total. The molecule has 15 heavy (non-hydrogen) atoms. The van der Waals surface area contributed by atoms with Crippen molar-refractivity contribution in [1.29, 1.82) is 0 Å². The van der Waals surface area contributed by atoms with Gasteiger partial charge in [-0.15, -0.1) is 0 Å². The molecule has 78 valence electrons. The van der Waals surface area contributed by atoms with Crippen LogP contribution in [0.1, 0.15) is 11.3 Å². The van der Waals surface area contributed by atoms with Gasteiger partial charge in [0.15, 0.2) is 5.76 Å². The third kappa shape index (κ3) is 2.56. The van der Waals surface area contributed by atoms with Crippen molar-refractivity contribution in [2.24, 2.45) is 0 Å². The Labute approximate surface area is 95.8 Å². The molecule has 2 rings (SSSR count). The third-order valence-corrected chi connectivity index (χ3v) is 2.50. The van der Waals surface area contributed by atoms with Crippen molar-refractivity contribution >= 4 is 21.7 Å². The lowest BCUT2D eigenvalue weighted by molar-refractivity contribution is 0.388. The van der Waals surface area contributed by atoms with Gasteiger partial charge in [0.25, 0.3) is 0 Å². The summed E-state index contributed by atoms with van der Waals surface area (Å²) in [6, 6.07) is 3.82. The zero-order valence-corrected chi connectivity index (χ0v) is 9.78. The molecule has 0 atom stereocenters. The maximum absolute atomic E-state index is 4.96. The van der Waals surface area contributed by atoms with Crippen LogP contribution in [0.15, 0.2) is 33.5 Å². The molecule has 0 radical (unpaired) electrons. The molecule has 1 N–H and O–H groups in total. The molecular formula is C10H10BrN3O. The Balaban J connectivity index is 2.05. The Kier molecular flexibility index (Phi) is 3.01. The van der Waals surface area contributed by atoms with E-state index >= 15 is 0 Å². The van der Waals surface area contributed by atoms with E-state index in [1.807, 2.05) is 25.3 Å². The van der Waals surface area contributed by atoms with Gasteiger partial charge in [0, 0.05) is 12.3 Å². The number of nitrogens with one attached hydrogen (secondary N) is 1. The average molecular weight is 268 g/mol. The average Bonchev–Trinajstić information content (AvgIpc) is 2.69. The molecule has 0 aliphatic heterocycles. The molecule has 2 aromatic heterocycles. The minimum Gasteiger partial charge on any atom is -0.362 e. The molecule has 0 aliphatic carbocycles. The number of nitrogens with zero attached hydrogens (tertiary/aromatic N) is 2. The van der Waals surface area contributed by atoms with Crippen LogP contribution in [0.5, 0.6) is 0 Å². The predicted molar refractivity (Wildman–Crippen MR) is 60.5 cm³/mol. The summed E-state index contributed by atoms with van der Waals surface area (Å²) < 4.78 is 5.91. The van der Waals surface area contributed by atoms with Gasteiger partial charge in [-0.05, 0) is 34.5 Å². The zero-order valence-electron chi connectivity index (χ0n) is 8.20. The number of halogens is 1. The van der Waals surface area contributed by atoms with Crippen molar-refractivity contribution < 1.29 is 4.52 Å². The van der Waals surface area contributed by atoms with Crippen molar-refractivity contribution in [1.82, 2.24) is 10.1 Å². The molecule has 0 unspecified atom stereocenters. The van der Waals surface area contributed by atoms with Gasteiger partial charge in [-0.2, -0.15) is 0 Å². The van der Waals surface area contributed by atoms with E-state index < -0.39 is 0 Å². The monoisotopic (exact) mass is 267 g/mol. The molecule has 0 amide bonds. The molecule has 2 heterocycles. The van der Waals surface area contributed by atoms with Crippen molar-refractivity contribution in [3.63, 3.8) is 0 Å². The summed E-state index contributed by atoms with van der Waals surface area (Å²) in [5.74, 6) is 1.58. The van der Waals surface area contributed by atoms with Crippen LogP contribution < -0.4 is 5.32 Å². The number of pyridine rings is 1. The van der Waals surface area contributed by atoms with E-state index in [1.165, 1.54) is 0 Å². The number of aromatic nitrogens is 2. The summed E-state index contributed by atoms with van der Waals surface area (Å²) in [7, 11) is 0. The van der Waals surface area contributed by atoms with Gasteiger partial charge in [-0.25, -0.2) is 4.98 Å². The molecule has 0 aromatic carbocycles. The summed E-state index contributed by atoms with van der Waals surface area (Å²) in [4.78, 5) is 4.26. The Morgan fingerprint density at radius 2 is 2.40 bits per heavy atom. The normalized spacial score (nSPS) is 10.3. The van der Waals surface area contributed by atoms with E-state index in [-0.39, 0.29) is 0 Å². The van der Waals surface area contributed by atoms with Crippen LogP contribution in [0.25, 0.3) is 0 Å². The fourth-order valence-electron chi connectivity index (χ4n) is 1.17. The van der Waals surface area contributed by atoms with Gasteiger partial charge in [0.2, 0.25) is 0 Å². The summed E-state index contributed by atoms with van der Waals surface area (Å²) in [6.45, 7) is 2.58. The molecular weight excluding hydrogens is 258 g/mol. The van der Waals surface area contributed by atoms with Gasteiger partial charge in [0.05, 0.1) is 17.2 Å². The molecule has 0 spiro atoms. The van der Waals surface area contributed by atoms with E-state index in [0.717, 1.165) is 21.6 Å². The van der Waals surface area contributed by atoms with E-state index in [9.17, 15) is 0 Å². The molecule has 0 bridgehead atoms. The first-order valence-electron chi connectivity index (χ1n) is 4.51. The van der Waals surface area contributed by atoms with Crippen LogP contribution in [0.4, 0.5) is 5.82 Å². The predicted octanol–water partition coefficient (Wildman–Crippen LogP) is 2.75. The van der Waals surface area contributed by atoms with Gasteiger partial charge >= 0.3 is 0 Å². The topological polar surface area (TPSA) is 51.0 Å². The Hall–Kier alpha value is -1.36. The molecule has 0 fully saturated rings. The lowest BCUT2D eigenvalue weighted by Gasteiger charge is -2.05. The first-order chi connectivity index (χ1) is 7.25. The number of hydrogen-bond acceptors (Lipinski definition) is 4. The van der Waals surface area contributed by atoms with Gasteiger partial charge in [-0.3, -0.25) is 0 Å². The van der Waals surface area contributed by atoms with E-state index in [4.69, 9.17) is 4.52 Å². The van der Waals surface area contributed by atoms with Crippen LogP contribution in [-0.4, -0.2) is 10.1 Å². The SMILES string of the molecule is Cc1cnc(NCc2ccno2)c(Br)c1. The Morgan fingerprint density at radius 3 is 3.07 bits per heavy atom. The van der Waals surface area contributed by atoms with Crippen LogP contribution in [0.3, 0.4) is 0 Å². The second-order valence-corrected chi connectivity index (χ2v) is 4.03. The number of hydrogen-bond donors (Lipinski definition) is 1. The summed E-state index contributed by atoms with van der Waals surface area (Å²) in [5.41, 5.74) is 1.12. The highest BCUT2D eigenvalue weighted by Gasteiger charge is 2.02. The van der Waals surface area contributed by atoms with Gasteiger partial charge < -0.3 is 9.84 Å². The van der Waals surface area contributed by atoms with Crippen LogP contribution in [0.2, 0.25) is 0 Å². The largest absolute Gasteiger partial charge is 0.362 e. The smallest absolute Gasteiger partial charge is 0.155 e. The fourth-order valence-corrected chi connectivity index (χ4v) is 1.77. The lowest BCUT2D eigenvalue weighted by Crippen LogP contribution is -2.01. The summed E-state index contributed by atoms with van der Waals surface area (Å²) in [5, 5.41) is 6.77.